The number of methoxy groups -OCH3 is 1. The number of anilines is 1. The van der Waals surface area contributed by atoms with Gasteiger partial charge < -0.3 is 24.4 Å². The monoisotopic (exact) mass is 391 g/mol. The fourth-order valence-electron chi connectivity index (χ4n) is 2.97. The average Bonchev–Trinajstić information content (AvgIpc) is 2.68. The van der Waals surface area contributed by atoms with Gasteiger partial charge in [0.2, 0.25) is 0 Å². The van der Waals surface area contributed by atoms with Crippen LogP contribution in [0.1, 0.15) is 12.5 Å². The fourth-order valence-corrected chi connectivity index (χ4v) is 3.26. The summed E-state index contributed by atoms with van der Waals surface area (Å²) in [7, 11) is 1.61. The SMILES string of the molecule is CC[NH+](CC(=O)Nc1ccc(OC)cc1)Cc1cc(Cl)c2c(c1)OCCO2. The van der Waals surface area contributed by atoms with Crippen LogP contribution in [0.4, 0.5) is 5.69 Å². The molecule has 0 radical (unpaired) electrons. The first kappa shape index (κ1) is 19.3. The standard InChI is InChI=1S/C20H23ClN2O4/c1-3-23(13-19(24)22-15-4-6-16(25-2)7-5-15)12-14-10-17(21)20-18(11-14)26-8-9-27-20/h4-7,10-11H,3,8-9,12-13H2,1-2H3,(H,22,24)/p+1. The van der Waals surface area contributed by atoms with Crippen molar-refractivity contribution < 1.29 is 23.9 Å². The molecule has 3 rings (SSSR count). The van der Waals surface area contributed by atoms with Gasteiger partial charge in [-0.2, -0.15) is 0 Å². The molecule has 2 N–H and O–H groups in total. The number of hydrogen-bond acceptors (Lipinski definition) is 4. The van der Waals surface area contributed by atoms with Crippen LogP contribution >= 0.6 is 11.6 Å². The zero-order valence-corrected chi connectivity index (χ0v) is 16.3. The van der Waals surface area contributed by atoms with E-state index in [0.29, 0.717) is 42.8 Å². The zero-order chi connectivity index (χ0) is 19.2. The van der Waals surface area contributed by atoms with E-state index in [1.807, 2.05) is 36.4 Å². The summed E-state index contributed by atoms with van der Waals surface area (Å²) < 4.78 is 16.3. The van der Waals surface area contributed by atoms with Crippen molar-refractivity contribution in [3.8, 4) is 17.2 Å². The summed E-state index contributed by atoms with van der Waals surface area (Å²) in [4.78, 5) is 13.5. The lowest BCUT2D eigenvalue weighted by Crippen LogP contribution is -3.11. The molecule has 0 aromatic heterocycles. The summed E-state index contributed by atoms with van der Waals surface area (Å²) in [5.41, 5.74) is 1.76. The molecule has 0 saturated heterocycles. The highest BCUT2D eigenvalue weighted by molar-refractivity contribution is 6.32. The van der Waals surface area contributed by atoms with Gasteiger partial charge >= 0.3 is 0 Å². The molecule has 1 atom stereocenters. The van der Waals surface area contributed by atoms with E-state index in [4.69, 9.17) is 25.8 Å². The molecule has 0 spiro atoms. The zero-order valence-electron chi connectivity index (χ0n) is 15.5. The van der Waals surface area contributed by atoms with E-state index >= 15 is 0 Å². The topological polar surface area (TPSA) is 61.2 Å². The molecular weight excluding hydrogens is 368 g/mol. The van der Waals surface area contributed by atoms with Gasteiger partial charge in [-0.15, -0.1) is 0 Å². The van der Waals surface area contributed by atoms with Crippen LogP contribution in [-0.2, 0) is 11.3 Å². The maximum atomic E-state index is 12.4. The molecule has 1 unspecified atom stereocenters. The Kier molecular flexibility index (Phi) is 6.42. The van der Waals surface area contributed by atoms with Gasteiger partial charge in [0.05, 0.1) is 18.7 Å². The Morgan fingerprint density at radius 2 is 1.96 bits per heavy atom. The molecule has 0 saturated carbocycles. The molecule has 1 amide bonds. The Hall–Kier alpha value is -2.44. The fraction of sp³-hybridized carbons (Fsp3) is 0.350. The van der Waals surface area contributed by atoms with E-state index < -0.39 is 0 Å². The predicted octanol–water partition coefficient (Wildman–Crippen LogP) is 2.16. The van der Waals surface area contributed by atoms with E-state index in [0.717, 1.165) is 28.4 Å². The highest BCUT2D eigenvalue weighted by atomic mass is 35.5. The summed E-state index contributed by atoms with van der Waals surface area (Å²) in [6.07, 6.45) is 0. The van der Waals surface area contributed by atoms with Crippen molar-refractivity contribution in [2.45, 2.75) is 13.5 Å². The van der Waals surface area contributed by atoms with Crippen molar-refractivity contribution in [1.29, 1.82) is 0 Å². The molecule has 2 aromatic rings. The third-order valence-electron chi connectivity index (χ3n) is 4.40. The minimum Gasteiger partial charge on any atom is -0.497 e. The Labute approximate surface area is 164 Å². The summed E-state index contributed by atoms with van der Waals surface area (Å²) >= 11 is 6.31. The lowest BCUT2D eigenvalue weighted by atomic mass is 10.1. The molecular formula is C20H24ClN2O4+. The molecule has 0 aliphatic carbocycles. The van der Waals surface area contributed by atoms with Crippen molar-refractivity contribution in [1.82, 2.24) is 0 Å². The highest BCUT2D eigenvalue weighted by Crippen LogP contribution is 2.38. The number of halogens is 1. The first-order valence-corrected chi connectivity index (χ1v) is 9.32. The highest BCUT2D eigenvalue weighted by Gasteiger charge is 2.19. The Morgan fingerprint density at radius 3 is 2.67 bits per heavy atom. The van der Waals surface area contributed by atoms with Crippen molar-refractivity contribution in [3.63, 3.8) is 0 Å². The third-order valence-corrected chi connectivity index (χ3v) is 4.68. The number of carbonyl (C=O) groups is 1. The second-order valence-electron chi connectivity index (χ2n) is 6.34. The molecule has 1 aliphatic heterocycles. The molecule has 0 fully saturated rings. The summed E-state index contributed by atoms with van der Waals surface area (Å²) in [6.45, 7) is 4.90. The lowest BCUT2D eigenvalue weighted by molar-refractivity contribution is -0.903. The Balaban J connectivity index is 1.61. The van der Waals surface area contributed by atoms with Gasteiger partial charge in [0.1, 0.15) is 25.5 Å². The van der Waals surface area contributed by atoms with E-state index in [9.17, 15) is 4.79 Å². The van der Waals surface area contributed by atoms with E-state index in [1.54, 1.807) is 7.11 Å². The van der Waals surface area contributed by atoms with Gasteiger partial charge in [-0.1, -0.05) is 11.6 Å². The van der Waals surface area contributed by atoms with Crippen LogP contribution < -0.4 is 24.4 Å². The number of benzene rings is 2. The van der Waals surface area contributed by atoms with Gasteiger partial charge in [0, 0.05) is 11.3 Å². The molecule has 6 nitrogen and oxygen atoms in total. The molecule has 0 bridgehead atoms. The average molecular weight is 392 g/mol. The molecule has 1 aliphatic rings. The van der Waals surface area contributed by atoms with Crippen molar-refractivity contribution in [2.75, 3.05) is 38.7 Å². The first-order valence-electron chi connectivity index (χ1n) is 8.94. The maximum Gasteiger partial charge on any atom is 0.279 e. The van der Waals surface area contributed by atoms with Gasteiger partial charge in [-0.25, -0.2) is 0 Å². The van der Waals surface area contributed by atoms with Crippen LogP contribution in [0.15, 0.2) is 36.4 Å². The largest absolute Gasteiger partial charge is 0.497 e. The van der Waals surface area contributed by atoms with Gasteiger partial charge in [-0.05, 0) is 43.3 Å². The first-order chi connectivity index (χ1) is 13.1. The number of quaternary nitrogens is 1. The second kappa shape index (κ2) is 8.97. The van der Waals surface area contributed by atoms with Crippen molar-refractivity contribution >= 4 is 23.2 Å². The van der Waals surface area contributed by atoms with Crippen LogP contribution in [0.2, 0.25) is 5.02 Å². The van der Waals surface area contributed by atoms with Crippen LogP contribution in [-0.4, -0.2) is 39.3 Å². The number of carbonyl (C=O) groups excluding carboxylic acids is 1. The molecule has 144 valence electrons. The molecule has 1 heterocycles. The normalized spacial score (nSPS) is 13.7. The lowest BCUT2D eigenvalue weighted by Gasteiger charge is -2.22. The van der Waals surface area contributed by atoms with Crippen LogP contribution in [0, 0.1) is 0 Å². The Bertz CT molecular complexity index is 795. The summed E-state index contributed by atoms with van der Waals surface area (Å²) in [5, 5.41) is 3.46. The van der Waals surface area contributed by atoms with Crippen molar-refractivity contribution in [3.05, 3.63) is 47.0 Å². The molecule has 7 heteroatoms. The van der Waals surface area contributed by atoms with E-state index in [-0.39, 0.29) is 5.91 Å². The molecule has 2 aromatic carbocycles. The van der Waals surface area contributed by atoms with Crippen LogP contribution in [0.25, 0.3) is 0 Å². The predicted molar refractivity (Wildman–Crippen MR) is 104 cm³/mol. The number of nitrogens with one attached hydrogen (secondary N) is 2. The second-order valence-corrected chi connectivity index (χ2v) is 6.74. The number of amides is 1. The number of fused-ring (bicyclic) bond motifs is 1. The van der Waals surface area contributed by atoms with Crippen molar-refractivity contribution in [2.24, 2.45) is 0 Å². The summed E-state index contributed by atoms with van der Waals surface area (Å²) in [5.74, 6) is 1.98. The quantitative estimate of drug-likeness (QED) is 0.759. The summed E-state index contributed by atoms with van der Waals surface area (Å²) in [6, 6.07) is 11.1. The minimum absolute atomic E-state index is 0.0411. The van der Waals surface area contributed by atoms with E-state index in [1.165, 1.54) is 0 Å². The smallest absolute Gasteiger partial charge is 0.279 e. The van der Waals surface area contributed by atoms with E-state index in [2.05, 4.69) is 12.2 Å². The minimum atomic E-state index is -0.0411. The van der Waals surface area contributed by atoms with Gasteiger partial charge in [0.15, 0.2) is 18.0 Å². The van der Waals surface area contributed by atoms with Gasteiger partial charge in [0.25, 0.3) is 5.91 Å². The van der Waals surface area contributed by atoms with Crippen LogP contribution in [0.3, 0.4) is 0 Å². The Morgan fingerprint density at radius 1 is 1.22 bits per heavy atom. The van der Waals surface area contributed by atoms with Crippen LogP contribution in [0.5, 0.6) is 17.2 Å². The number of rotatable bonds is 7. The third kappa shape index (κ3) is 5.05. The number of likely N-dealkylation sites (N-methyl/N-ethyl adjacent to an activating group) is 1. The molecule has 27 heavy (non-hydrogen) atoms. The number of ether oxygens (including phenoxy) is 3. The van der Waals surface area contributed by atoms with Gasteiger partial charge in [-0.3, -0.25) is 4.79 Å². The number of hydrogen-bond donors (Lipinski definition) is 2. The maximum absolute atomic E-state index is 12.4.